The van der Waals surface area contributed by atoms with Crippen molar-refractivity contribution in [1.29, 1.82) is 0 Å². The van der Waals surface area contributed by atoms with Crippen molar-refractivity contribution in [3.05, 3.63) is 0 Å². The van der Waals surface area contributed by atoms with E-state index in [-0.39, 0.29) is 5.91 Å². The summed E-state index contributed by atoms with van der Waals surface area (Å²) in [5, 5.41) is 9.29. The van der Waals surface area contributed by atoms with Crippen molar-refractivity contribution in [3.8, 4) is 0 Å². The van der Waals surface area contributed by atoms with Gasteiger partial charge in [-0.05, 0) is 24.2 Å². The van der Waals surface area contributed by atoms with Gasteiger partial charge in [-0.1, -0.05) is 34.1 Å². The van der Waals surface area contributed by atoms with Crippen LogP contribution in [0, 0.1) is 17.3 Å². The van der Waals surface area contributed by atoms with Crippen LogP contribution < -0.4 is 0 Å². The highest BCUT2D eigenvalue weighted by atomic mass is 16.4. The van der Waals surface area contributed by atoms with Gasteiger partial charge in [-0.2, -0.15) is 0 Å². The van der Waals surface area contributed by atoms with Gasteiger partial charge < -0.3 is 10.0 Å². The number of nitrogens with zero attached hydrogens (tertiary/aromatic N) is 1. The Bertz CT molecular complexity index is 319. The molecule has 0 radical (unpaired) electrons. The quantitative estimate of drug-likeness (QED) is 0.788. The van der Waals surface area contributed by atoms with Crippen LogP contribution in [-0.4, -0.2) is 35.0 Å². The average molecular weight is 255 g/mol. The first-order valence-electron chi connectivity index (χ1n) is 6.79. The lowest BCUT2D eigenvalue weighted by Gasteiger charge is -2.36. The minimum atomic E-state index is -1.01. The van der Waals surface area contributed by atoms with E-state index in [0.717, 1.165) is 25.8 Å². The van der Waals surface area contributed by atoms with Gasteiger partial charge in [0.15, 0.2) is 0 Å². The monoisotopic (exact) mass is 255 g/mol. The van der Waals surface area contributed by atoms with Crippen LogP contribution in [0.3, 0.4) is 0 Å². The van der Waals surface area contributed by atoms with E-state index < -0.39 is 17.3 Å². The fourth-order valence-corrected chi connectivity index (χ4v) is 2.63. The van der Waals surface area contributed by atoms with Gasteiger partial charge in [-0.15, -0.1) is 0 Å². The highest BCUT2D eigenvalue weighted by molar-refractivity contribution is 5.97. The topological polar surface area (TPSA) is 57.6 Å². The Hall–Kier alpha value is -1.06. The third-order valence-corrected chi connectivity index (χ3v) is 3.77. The molecule has 4 nitrogen and oxygen atoms in total. The molecule has 1 fully saturated rings. The summed E-state index contributed by atoms with van der Waals surface area (Å²) in [5.74, 6) is -1.63. The van der Waals surface area contributed by atoms with Gasteiger partial charge in [-0.3, -0.25) is 9.59 Å². The smallest absolute Gasteiger partial charge is 0.316 e. The minimum Gasteiger partial charge on any atom is -0.481 e. The standard InChI is InChI=1S/C14H25NO3/c1-5-10-7-6-8-15(9-10)12(16)11(13(17)18)14(2,3)4/h10-11H,5-9H2,1-4H3,(H,17,18). The van der Waals surface area contributed by atoms with E-state index in [1.54, 1.807) is 4.90 Å². The second kappa shape index (κ2) is 5.72. The molecule has 1 aliphatic rings. The average Bonchev–Trinajstić information content (AvgIpc) is 2.26. The van der Waals surface area contributed by atoms with Gasteiger partial charge in [0.2, 0.25) is 5.91 Å². The Kier molecular flexibility index (Phi) is 4.77. The largest absolute Gasteiger partial charge is 0.481 e. The van der Waals surface area contributed by atoms with E-state index >= 15 is 0 Å². The Morgan fingerprint density at radius 3 is 2.44 bits per heavy atom. The fraction of sp³-hybridized carbons (Fsp3) is 0.857. The number of hydrogen-bond donors (Lipinski definition) is 1. The summed E-state index contributed by atoms with van der Waals surface area (Å²) in [4.78, 5) is 25.5. The van der Waals surface area contributed by atoms with Gasteiger partial charge in [0.25, 0.3) is 0 Å². The van der Waals surface area contributed by atoms with Gasteiger partial charge in [0.05, 0.1) is 0 Å². The third kappa shape index (κ3) is 3.47. The molecular formula is C14H25NO3. The number of amides is 1. The number of aliphatic carboxylic acids is 1. The van der Waals surface area contributed by atoms with Gasteiger partial charge >= 0.3 is 5.97 Å². The highest BCUT2D eigenvalue weighted by Crippen LogP contribution is 2.30. The van der Waals surface area contributed by atoms with Crippen LogP contribution in [0.5, 0.6) is 0 Å². The molecule has 0 aromatic rings. The molecule has 104 valence electrons. The van der Waals surface area contributed by atoms with Gasteiger partial charge in [-0.25, -0.2) is 0 Å². The number of hydrogen-bond acceptors (Lipinski definition) is 2. The number of likely N-dealkylation sites (tertiary alicyclic amines) is 1. The zero-order valence-corrected chi connectivity index (χ0v) is 11.9. The Balaban J connectivity index is 2.80. The van der Waals surface area contributed by atoms with E-state index in [9.17, 15) is 14.7 Å². The van der Waals surface area contributed by atoms with E-state index in [2.05, 4.69) is 6.92 Å². The second-order valence-corrected chi connectivity index (χ2v) is 6.34. The lowest BCUT2D eigenvalue weighted by molar-refractivity contribution is -0.157. The maximum Gasteiger partial charge on any atom is 0.316 e. The minimum absolute atomic E-state index is 0.215. The summed E-state index contributed by atoms with van der Waals surface area (Å²) in [5.41, 5.74) is -0.540. The zero-order chi connectivity index (χ0) is 13.9. The van der Waals surface area contributed by atoms with Crippen molar-refractivity contribution >= 4 is 11.9 Å². The molecule has 0 bridgehead atoms. The lowest BCUT2D eigenvalue weighted by atomic mass is 9.79. The van der Waals surface area contributed by atoms with Crippen molar-refractivity contribution in [1.82, 2.24) is 4.90 Å². The number of rotatable bonds is 3. The molecule has 1 aliphatic heterocycles. The first-order valence-corrected chi connectivity index (χ1v) is 6.79. The molecular weight excluding hydrogens is 230 g/mol. The molecule has 2 atom stereocenters. The summed E-state index contributed by atoms with van der Waals surface area (Å²) >= 11 is 0. The Morgan fingerprint density at radius 1 is 1.39 bits per heavy atom. The van der Waals surface area contributed by atoms with Gasteiger partial charge in [0.1, 0.15) is 5.92 Å². The molecule has 0 saturated carbocycles. The first-order chi connectivity index (χ1) is 8.27. The number of carboxylic acid groups (broad SMARTS) is 1. The maximum absolute atomic E-state index is 12.4. The molecule has 4 heteroatoms. The molecule has 0 spiro atoms. The van der Waals surface area contributed by atoms with E-state index in [4.69, 9.17) is 0 Å². The first kappa shape index (κ1) is 15.0. The van der Waals surface area contributed by atoms with Crippen molar-refractivity contribution < 1.29 is 14.7 Å². The van der Waals surface area contributed by atoms with E-state index in [0.29, 0.717) is 12.5 Å². The highest BCUT2D eigenvalue weighted by Gasteiger charge is 2.40. The van der Waals surface area contributed by atoms with Crippen LogP contribution in [0.4, 0.5) is 0 Å². The van der Waals surface area contributed by atoms with E-state index in [1.165, 1.54) is 0 Å². The molecule has 1 rings (SSSR count). The summed E-state index contributed by atoms with van der Waals surface area (Å²) < 4.78 is 0. The van der Waals surface area contributed by atoms with Crippen molar-refractivity contribution in [2.24, 2.45) is 17.3 Å². The fourth-order valence-electron chi connectivity index (χ4n) is 2.63. The van der Waals surface area contributed by atoms with Crippen LogP contribution in [0.1, 0.15) is 47.0 Å². The van der Waals surface area contributed by atoms with Crippen molar-refractivity contribution in [3.63, 3.8) is 0 Å². The molecule has 18 heavy (non-hydrogen) atoms. The predicted molar refractivity (Wildman–Crippen MR) is 70.2 cm³/mol. The molecule has 0 aromatic heterocycles. The van der Waals surface area contributed by atoms with Crippen molar-refractivity contribution in [2.75, 3.05) is 13.1 Å². The predicted octanol–water partition coefficient (Wildman–Crippen LogP) is 2.38. The SMILES string of the molecule is CCC1CCCN(C(=O)C(C(=O)O)C(C)(C)C)C1. The molecule has 2 unspecified atom stereocenters. The zero-order valence-electron chi connectivity index (χ0n) is 11.9. The lowest BCUT2D eigenvalue weighted by Crippen LogP contribution is -2.48. The summed E-state index contributed by atoms with van der Waals surface area (Å²) in [7, 11) is 0. The molecule has 1 saturated heterocycles. The molecule has 1 N–H and O–H groups in total. The van der Waals surface area contributed by atoms with Crippen LogP contribution >= 0.6 is 0 Å². The number of carbonyl (C=O) groups is 2. The summed E-state index contributed by atoms with van der Waals surface area (Å²) in [6, 6.07) is 0. The Morgan fingerprint density at radius 2 is 2.00 bits per heavy atom. The molecule has 0 aliphatic carbocycles. The number of carboxylic acids is 1. The van der Waals surface area contributed by atoms with Crippen LogP contribution in [0.25, 0.3) is 0 Å². The molecule has 0 aromatic carbocycles. The van der Waals surface area contributed by atoms with Crippen LogP contribution in [0.15, 0.2) is 0 Å². The van der Waals surface area contributed by atoms with Crippen molar-refractivity contribution in [2.45, 2.75) is 47.0 Å². The molecule has 1 amide bonds. The van der Waals surface area contributed by atoms with Gasteiger partial charge in [0, 0.05) is 13.1 Å². The van der Waals surface area contributed by atoms with Crippen LogP contribution in [0.2, 0.25) is 0 Å². The third-order valence-electron chi connectivity index (χ3n) is 3.77. The number of carbonyl (C=O) groups excluding carboxylic acids is 1. The maximum atomic E-state index is 12.4. The summed E-state index contributed by atoms with van der Waals surface area (Å²) in [6.45, 7) is 8.97. The summed E-state index contributed by atoms with van der Waals surface area (Å²) in [6.07, 6.45) is 3.19. The second-order valence-electron chi connectivity index (χ2n) is 6.34. The van der Waals surface area contributed by atoms with Crippen LogP contribution in [-0.2, 0) is 9.59 Å². The normalized spacial score (nSPS) is 22.7. The van der Waals surface area contributed by atoms with E-state index in [1.807, 2.05) is 20.8 Å². The number of piperidine rings is 1. The molecule has 1 heterocycles. The Labute approximate surface area is 109 Å².